The Bertz CT molecular complexity index is 403. The molecule has 1 aromatic carbocycles. The van der Waals surface area contributed by atoms with Crippen molar-refractivity contribution in [1.29, 1.82) is 0 Å². The highest BCUT2D eigenvalue weighted by Gasteiger charge is 2.64. The highest BCUT2D eigenvalue weighted by atomic mass is 79.9. The largest absolute Gasteiger partial charge is 0.321 e. The molecule has 0 amide bonds. The summed E-state index contributed by atoms with van der Waals surface area (Å²) < 4.78 is 1.19. The van der Waals surface area contributed by atoms with Crippen LogP contribution < -0.4 is 5.73 Å². The van der Waals surface area contributed by atoms with E-state index in [1.54, 1.807) is 0 Å². The Hall–Kier alpha value is -0.340. The average Bonchev–Trinajstić information content (AvgIpc) is 2.63. The van der Waals surface area contributed by atoms with Crippen LogP contribution in [0, 0.1) is 18.8 Å². The third kappa shape index (κ3) is 1.24. The van der Waals surface area contributed by atoms with Gasteiger partial charge in [-0.3, -0.25) is 0 Å². The quantitative estimate of drug-likeness (QED) is 0.828. The first kappa shape index (κ1) is 9.86. The summed E-state index contributed by atoms with van der Waals surface area (Å²) >= 11 is 3.65. The van der Waals surface area contributed by atoms with Crippen LogP contribution in [0.25, 0.3) is 0 Å². The summed E-state index contributed by atoms with van der Waals surface area (Å²) in [5, 5.41) is 0. The summed E-state index contributed by atoms with van der Waals surface area (Å²) in [6.07, 6.45) is 4.01. The first-order chi connectivity index (χ1) is 7.14. The van der Waals surface area contributed by atoms with E-state index in [1.165, 1.54) is 34.9 Å². The Morgan fingerprint density at radius 3 is 2.60 bits per heavy atom. The molecule has 2 N–H and O–H groups in total. The van der Waals surface area contributed by atoms with Crippen LogP contribution in [0.15, 0.2) is 22.7 Å². The van der Waals surface area contributed by atoms with E-state index in [0.717, 1.165) is 11.8 Å². The molecule has 2 heteroatoms. The molecule has 0 saturated heterocycles. The first-order valence-corrected chi connectivity index (χ1v) is 6.49. The van der Waals surface area contributed by atoms with Crippen LogP contribution in [0.3, 0.4) is 0 Å². The number of nitrogens with two attached hydrogens (primary N) is 1. The maximum absolute atomic E-state index is 6.54. The second kappa shape index (κ2) is 3.08. The highest BCUT2D eigenvalue weighted by Crippen LogP contribution is 2.65. The summed E-state index contributed by atoms with van der Waals surface area (Å²) in [5.74, 6) is 1.49. The van der Waals surface area contributed by atoms with Gasteiger partial charge >= 0.3 is 0 Å². The molecule has 0 aromatic heterocycles. The topological polar surface area (TPSA) is 26.0 Å². The van der Waals surface area contributed by atoms with E-state index in [9.17, 15) is 0 Å². The number of benzene rings is 1. The van der Waals surface area contributed by atoms with Crippen LogP contribution in [-0.2, 0) is 5.54 Å². The van der Waals surface area contributed by atoms with Crippen molar-refractivity contribution < 1.29 is 0 Å². The third-order valence-corrected chi connectivity index (χ3v) is 4.88. The van der Waals surface area contributed by atoms with Crippen molar-refractivity contribution in [3.8, 4) is 0 Å². The number of hydrogen-bond donors (Lipinski definition) is 1. The zero-order chi connectivity index (χ0) is 10.6. The van der Waals surface area contributed by atoms with Crippen LogP contribution >= 0.6 is 15.9 Å². The number of rotatable bonds is 1. The molecule has 15 heavy (non-hydrogen) atoms. The lowest BCUT2D eigenvalue weighted by atomic mass is 9.96. The van der Waals surface area contributed by atoms with Gasteiger partial charge in [0, 0.05) is 10.0 Å². The molecule has 2 fully saturated rings. The van der Waals surface area contributed by atoms with Gasteiger partial charge in [0.05, 0.1) is 0 Å². The van der Waals surface area contributed by atoms with Crippen molar-refractivity contribution in [1.82, 2.24) is 0 Å². The van der Waals surface area contributed by atoms with E-state index in [0.29, 0.717) is 0 Å². The van der Waals surface area contributed by atoms with Crippen molar-refractivity contribution >= 4 is 15.9 Å². The van der Waals surface area contributed by atoms with Gasteiger partial charge in [-0.15, -0.1) is 0 Å². The van der Waals surface area contributed by atoms with Crippen molar-refractivity contribution in [3.63, 3.8) is 0 Å². The second-order valence-corrected chi connectivity index (χ2v) is 5.91. The van der Waals surface area contributed by atoms with Crippen molar-refractivity contribution in [2.45, 2.75) is 31.7 Å². The minimum Gasteiger partial charge on any atom is -0.321 e. The van der Waals surface area contributed by atoms with Crippen molar-refractivity contribution in [2.75, 3.05) is 0 Å². The maximum atomic E-state index is 6.54. The van der Waals surface area contributed by atoms with Gasteiger partial charge in [0.25, 0.3) is 0 Å². The summed E-state index contributed by atoms with van der Waals surface area (Å²) in [5.41, 5.74) is 9.14. The Morgan fingerprint density at radius 2 is 2.00 bits per heavy atom. The molecule has 80 valence electrons. The maximum Gasteiger partial charge on any atom is 0.0484 e. The normalized spacial score (nSPS) is 37.8. The van der Waals surface area contributed by atoms with Gasteiger partial charge in [-0.05, 0) is 48.8 Å². The van der Waals surface area contributed by atoms with Crippen molar-refractivity contribution in [2.24, 2.45) is 17.6 Å². The lowest BCUT2D eigenvalue weighted by molar-refractivity contribution is 0.525. The average molecular weight is 266 g/mol. The summed E-state index contributed by atoms with van der Waals surface area (Å²) in [6, 6.07) is 6.55. The second-order valence-electron chi connectivity index (χ2n) is 5.06. The SMILES string of the molecule is Cc1ccc(C2(N)C3CCCC32)c(Br)c1. The molecule has 2 aliphatic rings. The summed E-state index contributed by atoms with van der Waals surface area (Å²) in [6.45, 7) is 2.12. The number of halogens is 1. The minimum atomic E-state index is -0.00914. The molecule has 0 aliphatic heterocycles. The van der Waals surface area contributed by atoms with Gasteiger partial charge in [0.2, 0.25) is 0 Å². The van der Waals surface area contributed by atoms with Gasteiger partial charge in [0.15, 0.2) is 0 Å². The first-order valence-electron chi connectivity index (χ1n) is 5.69. The molecular weight excluding hydrogens is 250 g/mol. The molecule has 0 bridgehead atoms. The molecular formula is C13H16BrN. The standard InChI is InChI=1S/C13H16BrN/c1-8-5-6-11(12(14)7-8)13(15)9-3-2-4-10(9)13/h5-7,9-10H,2-4,15H2,1H3. The Kier molecular flexibility index (Phi) is 2.02. The minimum absolute atomic E-state index is 0.00914. The molecule has 2 atom stereocenters. The number of hydrogen-bond acceptors (Lipinski definition) is 1. The van der Waals surface area contributed by atoms with E-state index in [1.807, 2.05) is 0 Å². The molecule has 1 nitrogen and oxygen atoms in total. The van der Waals surface area contributed by atoms with Gasteiger partial charge in [-0.2, -0.15) is 0 Å². The lowest BCUT2D eigenvalue weighted by Crippen LogP contribution is -2.26. The summed E-state index contributed by atoms with van der Waals surface area (Å²) in [7, 11) is 0. The van der Waals surface area contributed by atoms with Gasteiger partial charge < -0.3 is 5.73 Å². The number of fused-ring (bicyclic) bond motifs is 1. The molecule has 2 saturated carbocycles. The van der Waals surface area contributed by atoms with Crippen LogP contribution in [0.2, 0.25) is 0 Å². The van der Waals surface area contributed by atoms with Gasteiger partial charge in [0.1, 0.15) is 0 Å². The molecule has 0 spiro atoms. The Labute approximate surface area is 99.2 Å². The zero-order valence-corrected chi connectivity index (χ0v) is 10.5. The van der Waals surface area contributed by atoms with Crippen molar-refractivity contribution in [3.05, 3.63) is 33.8 Å². The van der Waals surface area contributed by atoms with E-state index in [2.05, 4.69) is 41.1 Å². The molecule has 0 heterocycles. The van der Waals surface area contributed by atoms with Crippen LogP contribution in [0.4, 0.5) is 0 Å². The monoisotopic (exact) mass is 265 g/mol. The lowest BCUT2D eigenvalue weighted by Gasteiger charge is -2.18. The molecule has 0 radical (unpaired) electrons. The third-order valence-electron chi connectivity index (χ3n) is 4.23. The van der Waals surface area contributed by atoms with Crippen LogP contribution in [0.1, 0.15) is 30.4 Å². The molecule has 2 aliphatic carbocycles. The zero-order valence-electron chi connectivity index (χ0n) is 8.96. The van der Waals surface area contributed by atoms with E-state index >= 15 is 0 Å². The molecule has 3 rings (SSSR count). The van der Waals surface area contributed by atoms with E-state index in [-0.39, 0.29) is 5.54 Å². The van der Waals surface area contributed by atoms with E-state index < -0.39 is 0 Å². The molecule has 1 aromatic rings. The number of aryl methyl sites for hydroxylation is 1. The Morgan fingerprint density at radius 1 is 1.33 bits per heavy atom. The smallest absolute Gasteiger partial charge is 0.0484 e. The van der Waals surface area contributed by atoms with Gasteiger partial charge in [-0.25, -0.2) is 0 Å². The highest BCUT2D eigenvalue weighted by molar-refractivity contribution is 9.10. The van der Waals surface area contributed by atoms with Crippen LogP contribution in [-0.4, -0.2) is 0 Å². The fourth-order valence-corrected chi connectivity index (χ4v) is 4.21. The molecule has 2 unspecified atom stereocenters. The van der Waals surface area contributed by atoms with Gasteiger partial charge in [-0.1, -0.05) is 34.5 Å². The van der Waals surface area contributed by atoms with Crippen LogP contribution in [0.5, 0.6) is 0 Å². The Balaban J connectivity index is 2.00. The van der Waals surface area contributed by atoms with E-state index in [4.69, 9.17) is 5.73 Å². The fraction of sp³-hybridized carbons (Fsp3) is 0.538. The summed E-state index contributed by atoms with van der Waals surface area (Å²) in [4.78, 5) is 0. The fourth-order valence-electron chi connectivity index (χ4n) is 3.37. The predicted molar refractivity (Wildman–Crippen MR) is 65.6 cm³/mol. The predicted octanol–water partition coefficient (Wildman–Crippen LogP) is 3.34.